The van der Waals surface area contributed by atoms with E-state index in [0.717, 1.165) is 47.5 Å². The van der Waals surface area contributed by atoms with Gasteiger partial charge in [0.15, 0.2) is 0 Å². The largest absolute Gasteiger partial charge is 0.496 e. The fraction of sp³-hybridized carbons (Fsp3) is 0.250. The number of fused-ring (bicyclic) bond motifs is 3. The number of benzene rings is 3. The van der Waals surface area contributed by atoms with Gasteiger partial charge in [-0.2, -0.15) is 0 Å². The second kappa shape index (κ2) is 7.95. The Labute approximate surface area is 165 Å². The van der Waals surface area contributed by atoms with Gasteiger partial charge in [0.1, 0.15) is 11.5 Å². The van der Waals surface area contributed by atoms with E-state index >= 15 is 0 Å². The van der Waals surface area contributed by atoms with Gasteiger partial charge in [0.05, 0.1) is 31.0 Å². The Bertz CT molecular complexity index is 1090. The Morgan fingerprint density at radius 1 is 0.821 bits per heavy atom. The Morgan fingerprint density at radius 2 is 1.57 bits per heavy atom. The number of unbranched alkanes of at least 4 members (excludes halogenated alkanes) is 1. The molecule has 0 fully saturated rings. The van der Waals surface area contributed by atoms with Gasteiger partial charge in [-0.25, -0.2) is 0 Å². The van der Waals surface area contributed by atoms with Gasteiger partial charge in [-0.15, -0.1) is 0 Å². The predicted octanol–water partition coefficient (Wildman–Crippen LogP) is 5.29. The minimum atomic E-state index is 0.707. The van der Waals surface area contributed by atoms with Crippen LogP contribution in [-0.2, 0) is 6.42 Å². The highest BCUT2D eigenvalue weighted by Crippen LogP contribution is 2.43. The van der Waals surface area contributed by atoms with Crippen molar-refractivity contribution in [1.82, 2.24) is 4.98 Å². The summed E-state index contributed by atoms with van der Waals surface area (Å²) in [7, 11) is 3.40. The average Bonchev–Trinajstić information content (AvgIpc) is 3.12. The van der Waals surface area contributed by atoms with E-state index < -0.39 is 0 Å². The molecule has 0 atom stereocenters. The molecule has 0 spiro atoms. The lowest BCUT2D eigenvalue weighted by atomic mass is 9.98. The molecule has 0 aliphatic heterocycles. The second-order valence-corrected chi connectivity index (χ2v) is 6.97. The van der Waals surface area contributed by atoms with E-state index in [1.165, 1.54) is 21.7 Å². The summed E-state index contributed by atoms with van der Waals surface area (Å²) < 4.78 is 11.4. The van der Waals surface area contributed by atoms with Gasteiger partial charge in [0.25, 0.3) is 0 Å². The molecule has 1 aromatic heterocycles. The second-order valence-electron chi connectivity index (χ2n) is 6.97. The van der Waals surface area contributed by atoms with E-state index in [-0.39, 0.29) is 0 Å². The number of aryl methyl sites for hydroxylation is 1. The van der Waals surface area contributed by atoms with Crippen molar-refractivity contribution in [3.8, 4) is 22.8 Å². The molecule has 4 aromatic rings. The van der Waals surface area contributed by atoms with Crippen LogP contribution in [0, 0.1) is 0 Å². The van der Waals surface area contributed by atoms with Crippen molar-refractivity contribution in [1.29, 1.82) is 0 Å². The Morgan fingerprint density at radius 3 is 2.29 bits per heavy atom. The number of aromatic nitrogens is 1. The topological polar surface area (TPSA) is 60.3 Å². The van der Waals surface area contributed by atoms with Crippen LogP contribution in [0.3, 0.4) is 0 Å². The monoisotopic (exact) mass is 374 g/mol. The van der Waals surface area contributed by atoms with Gasteiger partial charge in [-0.1, -0.05) is 42.5 Å². The zero-order valence-electron chi connectivity index (χ0n) is 16.4. The molecule has 4 nitrogen and oxygen atoms in total. The number of nitrogens with two attached hydrogens (primary N) is 1. The summed E-state index contributed by atoms with van der Waals surface area (Å²) in [6.45, 7) is 0.707. The minimum absolute atomic E-state index is 0.707. The number of H-pyrrole nitrogens is 1. The third-order valence-corrected chi connectivity index (χ3v) is 5.36. The molecule has 0 amide bonds. The number of rotatable bonds is 7. The molecule has 0 bridgehead atoms. The number of aromatic amines is 1. The van der Waals surface area contributed by atoms with E-state index in [4.69, 9.17) is 15.2 Å². The van der Waals surface area contributed by atoms with Crippen LogP contribution < -0.4 is 15.2 Å². The van der Waals surface area contributed by atoms with E-state index in [9.17, 15) is 0 Å². The molecule has 0 aliphatic carbocycles. The SMILES string of the molecule is COc1cccc(OC)c1-c1[nH]c2c(ccc3ccccc32)c1CCCCN. The van der Waals surface area contributed by atoms with Gasteiger partial charge >= 0.3 is 0 Å². The first kappa shape index (κ1) is 18.4. The van der Waals surface area contributed by atoms with Crippen molar-refractivity contribution in [3.63, 3.8) is 0 Å². The summed E-state index contributed by atoms with van der Waals surface area (Å²) in [5.74, 6) is 1.60. The van der Waals surface area contributed by atoms with Crippen LogP contribution in [0.2, 0.25) is 0 Å². The van der Waals surface area contributed by atoms with Crippen molar-refractivity contribution in [2.24, 2.45) is 5.73 Å². The lowest BCUT2D eigenvalue weighted by Crippen LogP contribution is -2.00. The smallest absolute Gasteiger partial charge is 0.131 e. The summed E-state index contributed by atoms with van der Waals surface area (Å²) in [6.07, 6.45) is 3.00. The molecule has 0 radical (unpaired) electrons. The van der Waals surface area contributed by atoms with Gasteiger partial charge in [-0.3, -0.25) is 0 Å². The number of methoxy groups -OCH3 is 2. The quantitative estimate of drug-likeness (QED) is 0.432. The molecule has 1 heterocycles. The number of hydrogen-bond donors (Lipinski definition) is 2. The maximum Gasteiger partial charge on any atom is 0.131 e. The molecule has 0 aliphatic rings. The van der Waals surface area contributed by atoms with Gasteiger partial charge < -0.3 is 20.2 Å². The van der Waals surface area contributed by atoms with Gasteiger partial charge in [0.2, 0.25) is 0 Å². The molecule has 4 rings (SSSR count). The van der Waals surface area contributed by atoms with Crippen LogP contribution >= 0.6 is 0 Å². The zero-order valence-corrected chi connectivity index (χ0v) is 16.4. The predicted molar refractivity (Wildman–Crippen MR) is 116 cm³/mol. The molecule has 28 heavy (non-hydrogen) atoms. The van der Waals surface area contributed by atoms with Crippen LogP contribution in [0.5, 0.6) is 11.5 Å². The summed E-state index contributed by atoms with van der Waals surface area (Å²) in [6, 6.07) is 18.8. The van der Waals surface area contributed by atoms with Crippen molar-refractivity contribution in [2.45, 2.75) is 19.3 Å². The highest BCUT2D eigenvalue weighted by molar-refractivity contribution is 6.09. The molecule has 4 heteroatoms. The Kier molecular flexibility index (Phi) is 5.22. The number of hydrogen-bond acceptors (Lipinski definition) is 3. The normalized spacial score (nSPS) is 11.2. The molecule has 144 valence electrons. The molecule has 3 N–H and O–H groups in total. The van der Waals surface area contributed by atoms with E-state index in [2.05, 4.69) is 41.4 Å². The molecular formula is C24H26N2O2. The summed E-state index contributed by atoms with van der Waals surface area (Å²) >= 11 is 0. The molecule has 0 saturated carbocycles. The maximum atomic E-state index is 5.75. The summed E-state index contributed by atoms with van der Waals surface area (Å²) in [5.41, 5.74) is 10.2. The van der Waals surface area contributed by atoms with Crippen LogP contribution in [0.4, 0.5) is 0 Å². The van der Waals surface area contributed by atoms with E-state index in [1.54, 1.807) is 14.2 Å². The highest BCUT2D eigenvalue weighted by atomic mass is 16.5. The van der Waals surface area contributed by atoms with E-state index in [0.29, 0.717) is 6.54 Å². The molecule has 0 saturated heterocycles. The number of nitrogens with one attached hydrogen (secondary N) is 1. The maximum absolute atomic E-state index is 5.75. The third-order valence-electron chi connectivity index (χ3n) is 5.36. The summed E-state index contributed by atoms with van der Waals surface area (Å²) in [5, 5.41) is 3.70. The standard InChI is InChI=1S/C24H26N2O2/c1-27-20-11-7-12-21(28-2)22(20)24-18(10-5-6-15-25)19-14-13-16-8-3-4-9-17(16)23(19)26-24/h3-4,7-9,11-14,26H,5-6,10,15,25H2,1-2H3. The first-order valence-electron chi connectivity index (χ1n) is 9.72. The number of ether oxygens (including phenoxy) is 2. The lowest BCUT2D eigenvalue weighted by molar-refractivity contribution is 0.397. The molecule has 3 aromatic carbocycles. The zero-order chi connectivity index (χ0) is 19.5. The lowest BCUT2D eigenvalue weighted by Gasteiger charge is -2.14. The van der Waals surface area contributed by atoms with Crippen LogP contribution in [0.1, 0.15) is 18.4 Å². The first-order chi connectivity index (χ1) is 13.8. The fourth-order valence-corrected chi connectivity index (χ4v) is 4.01. The first-order valence-corrected chi connectivity index (χ1v) is 9.72. The minimum Gasteiger partial charge on any atom is -0.496 e. The Hall–Kier alpha value is -2.98. The van der Waals surface area contributed by atoms with Gasteiger partial charge in [-0.05, 0) is 48.9 Å². The van der Waals surface area contributed by atoms with Crippen LogP contribution in [0.25, 0.3) is 32.9 Å². The van der Waals surface area contributed by atoms with Crippen molar-refractivity contribution < 1.29 is 9.47 Å². The van der Waals surface area contributed by atoms with Crippen molar-refractivity contribution in [3.05, 3.63) is 60.2 Å². The summed E-state index contributed by atoms with van der Waals surface area (Å²) in [4.78, 5) is 3.71. The van der Waals surface area contributed by atoms with Crippen LogP contribution in [0.15, 0.2) is 54.6 Å². The average molecular weight is 374 g/mol. The van der Waals surface area contributed by atoms with Crippen LogP contribution in [-0.4, -0.2) is 25.7 Å². The fourth-order valence-electron chi connectivity index (χ4n) is 4.01. The Balaban J connectivity index is 2.02. The highest BCUT2D eigenvalue weighted by Gasteiger charge is 2.21. The van der Waals surface area contributed by atoms with Crippen molar-refractivity contribution in [2.75, 3.05) is 20.8 Å². The van der Waals surface area contributed by atoms with Crippen molar-refractivity contribution >= 4 is 21.7 Å². The van der Waals surface area contributed by atoms with Gasteiger partial charge in [0, 0.05) is 10.8 Å². The molecule has 0 unspecified atom stereocenters. The third kappa shape index (κ3) is 3.10. The molecular weight excluding hydrogens is 348 g/mol. The van der Waals surface area contributed by atoms with E-state index in [1.807, 2.05) is 18.2 Å².